The Kier molecular flexibility index (Phi) is 4.16. The number of rotatable bonds is 4. The van der Waals surface area contributed by atoms with Gasteiger partial charge in [-0.1, -0.05) is 41.1 Å². The minimum Gasteiger partial charge on any atom is -0.478 e. The van der Waals surface area contributed by atoms with Gasteiger partial charge in [0, 0.05) is 5.75 Å². The predicted octanol–water partition coefficient (Wildman–Crippen LogP) is 3.08. The van der Waals surface area contributed by atoms with Crippen LogP contribution in [0.25, 0.3) is 0 Å². The van der Waals surface area contributed by atoms with Gasteiger partial charge in [0.2, 0.25) is 0 Å². The molecule has 0 aliphatic carbocycles. The van der Waals surface area contributed by atoms with Gasteiger partial charge in [0.05, 0.1) is 11.8 Å². The highest BCUT2D eigenvalue weighted by Crippen LogP contribution is 2.24. The van der Waals surface area contributed by atoms with Gasteiger partial charge in [-0.3, -0.25) is 0 Å². The number of thioether (sulfide) groups is 1. The number of hydrogen-bond acceptors (Lipinski definition) is 4. The first kappa shape index (κ1) is 13.5. The van der Waals surface area contributed by atoms with Crippen molar-refractivity contribution < 1.29 is 9.90 Å². The van der Waals surface area contributed by atoms with Gasteiger partial charge in [-0.2, -0.15) is 5.10 Å². The average Bonchev–Trinajstić information content (AvgIpc) is 2.35. The molecule has 4 nitrogen and oxygen atoms in total. The topological polar surface area (TPSA) is 63.1 Å². The quantitative estimate of drug-likeness (QED) is 0.868. The number of aromatic carboxylic acids is 1. The number of carbonyl (C=O) groups is 1. The third-order valence-corrected chi connectivity index (χ3v) is 3.63. The maximum atomic E-state index is 11.1. The summed E-state index contributed by atoms with van der Waals surface area (Å²) in [4.78, 5) is 11.1. The van der Waals surface area contributed by atoms with E-state index in [9.17, 15) is 4.79 Å². The highest BCUT2D eigenvalue weighted by atomic mass is 32.2. The smallest absolute Gasteiger partial charge is 0.338 e. The van der Waals surface area contributed by atoms with Crippen LogP contribution in [-0.4, -0.2) is 21.3 Å². The van der Waals surface area contributed by atoms with Crippen LogP contribution in [0.3, 0.4) is 0 Å². The van der Waals surface area contributed by atoms with Crippen LogP contribution < -0.4 is 0 Å². The van der Waals surface area contributed by atoms with E-state index in [4.69, 9.17) is 5.11 Å². The number of benzene rings is 1. The fourth-order valence-electron chi connectivity index (χ4n) is 1.89. The second-order valence-corrected chi connectivity index (χ2v) is 5.30. The molecule has 1 aromatic heterocycles. The number of aryl methyl sites for hydroxylation is 2. The summed E-state index contributed by atoms with van der Waals surface area (Å²) < 4.78 is 0. The molecule has 0 aliphatic heterocycles. The number of carboxylic acid groups (broad SMARTS) is 1. The van der Waals surface area contributed by atoms with Crippen LogP contribution in [0, 0.1) is 13.8 Å². The summed E-state index contributed by atoms with van der Waals surface area (Å²) in [5.74, 6) is -0.292. The van der Waals surface area contributed by atoms with Crippen LogP contribution in [0.4, 0.5) is 0 Å². The second kappa shape index (κ2) is 5.84. The molecule has 1 heterocycles. The molecule has 98 valence electrons. The molecule has 0 aliphatic rings. The molecule has 1 aromatic carbocycles. The zero-order chi connectivity index (χ0) is 13.8. The van der Waals surface area contributed by atoms with Crippen LogP contribution >= 0.6 is 11.8 Å². The third-order valence-electron chi connectivity index (χ3n) is 2.57. The fraction of sp³-hybridized carbons (Fsp3) is 0.214. The molecule has 0 radical (unpaired) electrons. The van der Waals surface area contributed by atoms with Crippen LogP contribution in [0.15, 0.2) is 35.5 Å². The van der Waals surface area contributed by atoms with Gasteiger partial charge in [-0.25, -0.2) is 4.79 Å². The fourth-order valence-corrected chi connectivity index (χ4v) is 2.78. The number of nitrogens with zero attached hydrogens (tertiary/aromatic N) is 2. The van der Waals surface area contributed by atoms with Crippen molar-refractivity contribution in [3.8, 4) is 0 Å². The number of carboxylic acids is 1. The Morgan fingerprint density at radius 1 is 1.26 bits per heavy atom. The van der Waals surface area contributed by atoms with Gasteiger partial charge in [0.15, 0.2) is 0 Å². The van der Waals surface area contributed by atoms with Crippen molar-refractivity contribution in [2.24, 2.45) is 0 Å². The van der Waals surface area contributed by atoms with E-state index in [0.717, 1.165) is 5.56 Å². The maximum Gasteiger partial charge on any atom is 0.338 e. The summed E-state index contributed by atoms with van der Waals surface area (Å²) in [5.41, 5.74) is 3.76. The first-order valence-electron chi connectivity index (χ1n) is 5.81. The lowest BCUT2D eigenvalue weighted by atomic mass is 10.1. The zero-order valence-corrected chi connectivity index (χ0v) is 11.6. The Hall–Kier alpha value is -1.88. The van der Waals surface area contributed by atoms with E-state index in [1.165, 1.54) is 35.2 Å². The third kappa shape index (κ3) is 3.54. The number of aromatic nitrogens is 2. The monoisotopic (exact) mass is 274 g/mol. The van der Waals surface area contributed by atoms with E-state index >= 15 is 0 Å². The first-order chi connectivity index (χ1) is 9.06. The van der Waals surface area contributed by atoms with Gasteiger partial charge >= 0.3 is 5.97 Å². The molecular formula is C14H14N2O2S. The van der Waals surface area contributed by atoms with Crippen molar-refractivity contribution in [3.63, 3.8) is 0 Å². The molecule has 19 heavy (non-hydrogen) atoms. The van der Waals surface area contributed by atoms with E-state index in [1.54, 1.807) is 0 Å². The molecule has 0 atom stereocenters. The van der Waals surface area contributed by atoms with Crippen LogP contribution in [0.5, 0.6) is 0 Å². The van der Waals surface area contributed by atoms with Crippen LogP contribution in [0.2, 0.25) is 0 Å². The van der Waals surface area contributed by atoms with E-state index in [0.29, 0.717) is 10.8 Å². The Balaban J connectivity index is 2.16. The molecular weight excluding hydrogens is 260 g/mol. The normalized spacial score (nSPS) is 10.4. The molecule has 0 unspecified atom stereocenters. The molecule has 2 aromatic rings. The Bertz CT molecular complexity index is 594. The molecule has 0 bridgehead atoms. The van der Waals surface area contributed by atoms with E-state index in [-0.39, 0.29) is 5.56 Å². The van der Waals surface area contributed by atoms with Crippen molar-refractivity contribution in [1.29, 1.82) is 0 Å². The molecule has 2 rings (SSSR count). The van der Waals surface area contributed by atoms with E-state index in [1.807, 2.05) is 13.8 Å². The average molecular weight is 274 g/mol. The standard InChI is InChI=1S/C14H14N2O2S/c1-9-5-10(2)7-11(6-9)8-19-13-12(14(17)18)3-4-15-16-13/h3-7H,8H2,1-2H3,(H,17,18). The summed E-state index contributed by atoms with van der Waals surface area (Å²) in [6, 6.07) is 7.77. The van der Waals surface area contributed by atoms with Crippen molar-refractivity contribution in [2.75, 3.05) is 0 Å². The largest absolute Gasteiger partial charge is 0.478 e. The maximum absolute atomic E-state index is 11.1. The molecule has 1 N–H and O–H groups in total. The lowest BCUT2D eigenvalue weighted by Gasteiger charge is -2.06. The van der Waals surface area contributed by atoms with Gasteiger partial charge in [-0.15, -0.1) is 5.10 Å². The molecule has 0 saturated carbocycles. The minimum absolute atomic E-state index is 0.198. The zero-order valence-electron chi connectivity index (χ0n) is 10.8. The highest BCUT2D eigenvalue weighted by Gasteiger charge is 2.12. The summed E-state index contributed by atoms with van der Waals surface area (Å²) in [7, 11) is 0. The van der Waals surface area contributed by atoms with E-state index < -0.39 is 5.97 Å². The Labute approximate surface area is 115 Å². The lowest BCUT2D eigenvalue weighted by Crippen LogP contribution is -2.01. The summed E-state index contributed by atoms with van der Waals surface area (Å²) >= 11 is 1.39. The summed E-state index contributed by atoms with van der Waals surface area (Å²) in [5, 5.41) is 17.2. The lowest BCUT2D eigenvalue weighted by molar-refractivity contribution is 0.0692. The van der Waals surface area contributed by atoms with Gasteiger partial charge in [0.25, 0.3) is 0 Å². The summed E-state index contributed by atoms with van der Waals surface area (Å²) in [6.07, 6.45) is 1.39. The van der Waals surface area contributed by atoms with Gasteiger partial charge < -0.3 is 5.11 Å². The predicted molar refractivity (Wildman–Crippen MR) is 74.5 cm³/mol. The van der Waals surface area contributed by atoms with E-state index in [2.05, 4.69) is 28.4 Å². The highest BCUT2D eigenvalue weighted by molar-refractivity contribution is 7.98. The summed E-state index contributed by atoms with van der Waals surface area (Å²) in [6.45, 7) is 4.10. The van der Waals surface area contributed by atoms with Crippen LogP contribution in [0.1, 0.15) is 27.0 Å². The van der Waals surface area contributed by atoms with Gasteiger partial charge in [0.1, 0.15) is 5.03 Å². The van der Waals surface area contributed by atoms with Crippen molar-refractivity contribution in [3.05, 3.63) is 52.7 Å². The molecule has 0 fully saturated rings. The Morgan fingerprint density at radius 2 is 1.95 bits per heavy atom. The van der Waals surface area contributed by atoms with Crippen molar-refractivity contribution >= 4 is 17.7 Å². The van der Waals surface area contributed by atoms with Gasteiger partial charge in [-0.05, 0) is 25.5 Å². The minimum atomic E-state index is -0.974. The first-order valence-corrected chi connectivity index (χ1v) is 6.80. The SMILES string of the molecule is Cc1cc(C)cc(CSc2nnccc2C(=O)O)c1. The second-order valence-electron chi connectivity index (χ2n) is 4.34. The molecule has 0 amide bonds. The van der Waals surface area contributed by atoms with Crippen LogP contribution in [-0.2, 0) is 5.75 Å². The molecule has 0 spiro atoms. The molecule has 0 saturated heterocycles. The van der Waals surface area contributed by atoms with Crippen molar-refractivity contribution in [2.45, 2.75) is 24.6 Å². The molecule has 5 heteroatoms. The van der Waals surface area contributed by atoms with Crippen molar-refractivity contribution in [1.82, 2.24) is 10.2 Å². The number of hydrogen-bond donors (Lipinski definition) is 1. The Morgan fingerprint density at radius 3 is 2.58 bits per heavy atom.